The number of nitrogens with one attached hydrogen (secondary N) is 1. The predicted molar refractivity (Wildman–Crippen MR) is 124 cm³/mol. The number of imidazole rings is 1. The normalized spacial score (nSPS) is 12.1. The number of fused-ring (bicyclic) bond motifs is 1. The molecule has 1 amide bonds. The largest absolute Gasteiger partial charge is 0.456 e. The summed E-state index contributed by atoms with van der Waals surface area (Å²) in [5, 5.41) is 0.573. The van der Waals surface area contributed by atoms with Crippen LogP contribution in [0.2, 0.25) is 5.02 Å². The zero-order valence-corrected chi connectivity index (χ0v) is 18.0. The standard InChI is InChI=1S/C25H24ClN3O2/c1-16(6-13-24(27)30)14-17-7-12-21-22(15-17)29-25(28-21)18-8-10-19(11-9-18)31-23-5-3-2-4-20(23)26/h2-5,7-12,15-16H,6,13-14H2,1H3,(H2,27,30)(H,28,29). The number of nitrogens with zero attached hydrogens (tertiary/aromatic N) is 1. The topological polar surface area (TPSA) is 81.0 Å². The van der Waals surface area contributed by atoms with Crippen LogP contribution in [0.3, 0.4) is 0 Å². The lowest BCUT2D eigenvalue weighted by Crippen LogP contribution is -2.12. The smallest absolute Gasteiger partial charge is 0.217 e. The Hall–Kier alpha value is -3.31. The molecule has 4 rings (SSSR count). The average Bonchev–Trinajstić information content (AvgIpc) is 3.18. The van der Waals surface area contributed by atoms with Crippen LogP contribution in [-0.4, -0.2) is 15.9 Å². The molecule has 31 heavy (non-hydrogen) atoms. The van der Waals surface area contributed by atoms with E-state index < -0.39 is 0 Å². The van der Waals surface area contributed by atoms with Gasteiger partial charge >= 0.3 is 0 Å². The number of primary amides is 1. The first kappa shape index (κ1) is 20.9. The molecular formula is C25H24ClN3O2. The number of carbonyl (C=O) groups is 1. The van der Waals surface area contributed by atoms with E-state index in [9.17, 15) is 4.79 Å². The van der Waals surface area contributed by atoms with Crippen molar-refractivity contribution < 1.29 is 9.53 Å². The van der Waals surface area contributed by atoms with E-state index in [0.717, 1.165) is 35.3 Å². The summed E-state index contributed by atoms with van der Waals surface area (Å²) in [5.41, 5.74) is 9.35. The second-order valence-corrected chi connectivity index (χ2v) is 8.22. The monoisotopic (exact) mass is 433 g/mol. The van der Waals surface area contributed by atoms with Gasteiger partial charge in [-0.05, 0) is 72.9 Å². The summed E-state index contributed by atoms with van der Waals surface area (Å²) >= 11 is 6.16. The number of amides is 1. The van der Waals surface area contributed by atoms with Crippen molar-refractivity contribution in [2.24, 2.45) is 11.7 Å². The van der Waals surface area contributed by atoms with E-state index in [1.165, 1.54) is 5.56 Å². The lowest BCUT2D eigenvalue weighted by atomic mass is 9.96. The van der Waals surface area contributed by atoms with Gasteiger partial charge in [0, 0.05) is 12.0 Å². The number of ether oxygens (including phenoxy) is 1. The molecule has 3 N–H and O–H groups in total. The van der Waals surface area contributed by atoms with Gasteiger partial charge in [-0.1, -0.05) is 36.7 Å². The Labute approximate surface area is 186 Å². The number of benzene rings is 3. The molecule has 3 aromatic carbocycles. The van der Waals surface area contributed by atoms with Crippen molar-refractivity contribution in [3.05, 3.63) is 77.3 Å². The second kappa shape index (κ2) is 9.23. The molecule has 0 spiro atoms. The van der Waals surface area contributed by atoms with Crippen molar-refractivity contribution in [2.75, 3.05) is 0 Å². The molecule has 0 saturated heterocycles. The average molecular weight is 434 g/mol. The van der Waals surface area contributed by atoms with E-state index in [-0.39, 0.29) is 5.91 Å². The van der Waals surface area contributed by atoms with Crippen LogP contribution in [0.4, 0.5) is 0 Å². The van der Waals surface area contributed by atoms with Crippen molar-refractivity contribution in [3.8, 4) is 22.9 Å². The maximum absolute atomic E-state index is 11.0. The molecule has 1 atom stereocenters. The highest BCUT2D eigenvalue weighted by Crippen LogP contribution is 2.30. The van der Waals surface area contributed by atoms with Gasteiger partial charge < -0.3 is 15.5 Å². The molecule has 4 aromatic rings. The summed E-state index contributed by atoms with van der Waals surface area (Å²) in [4.78, 5) is 19.1. The minimum Gasteiger partial charge on any atom is -0.456 e. The van der Waals surface area contributed by atoms with Crippen LogP contribution in [0.1, 0.15) is 25.3 Å². The molecule has 0 aliphatic rings. The van der Waals surface area contributed by atoms with E-state index in [4.69, 9.17) is 27.1 Å². The van der Waals surface area contributed by atoms with Gasteiger partial charge in [0.1, 0.15) is 17.3 Å². The van der Waals surface area contributed by atoms with Crippen molar-refractivity contribution >= 4 is 28.5 Å². The molecule has 1 heterocycles. The fourth-order valence-corrected chi connectivity index (χ4v) is 3.72. The van der Waals surface area contributed by atoms with Gasteiger partial charge in [-0.15, -0.1) is 0 Å². The number of aromatic amines is 1. The van der Waals surface area contributed by atoms with Gasteiger partial charge in [-0.2, -0.15) is 0 Å². The highest BCUT2D eigenvalue weighted by atomic mass is 35.5. The number of hydrogen-bond acceptors (Lipinski definition) is 3. The van der Waals surface area contributed by atoms with Crippen molar-refractivity contribution in [1.82, 2.24) is 9.97 Å². The molecular weight excluding hydrogens is 410 g/mol. The number of hydrogen-bond donors (Lipinski definition) is 2. The molecule has 0 bridgehead atoms. The Morgan fingerprint density at radius 1 is 1.13 bits per heavy atom. The summed E-state index contributed by atoms with van der Waals surface area (Å²) in [5.74, 6) is 2.28. The van der Waals surface area contributed by atoms with Crippen molar-refractivity contribution in [3.63, 3.8) is 0 Å². The van der Waals surface area contributed by atoms with Crippen LogP contribution in [0, 0.1) is 5.92 Å². The van der Waals surface area contributed by atoms with E-state index in [2.05, 4.69) is 24.0 Å². The number of halogens is 1. The summed E-state index contributed by atoms with van der Waals surface area (Å²) in [6.45, 7) is 2.14. The Kier molecular flexibility index (Phi) is 6.23. The number of aromatic nitrogens is 2. The molecule has 0 aliphatic carbocycles. The first-order chi connectivity index (χ1) is 15.0. The van der Waals surface area contributed by atoms with E-state index in [0.29, 0.717) is 28.9 Å². The number of para-hydroxylation sites is 1. The third kappa shape index (κ3) is 5.25. The first-order valence-corrected chi connectivity index (χ1v) is 10.7. The lowest BCUT2D eigenvalue weighted by Gasteiger charge is -2.10. The quantitative estimate of drug-likeness (QED) is 0.351. The molecule has 0 aliphatic heterocycles. The minimum atomic E-state index is -0.246. The van der Waals surface area contributed by atoms with Gasteiger partial charge in [0.25, 0.3) is 0 Å². The van der Waals surface area contributed by atoms with Gasteiger partial charge in [-0.25, -0.2) is 4.98 Å². The highest BCUT2D eigenvalue weighted by molar-refractivity contribution is 6.32. The van der Waals surface area contributed by atoms with Gasteiger partial charge in [0.2, 0.25) is 5.91 Å². The Bertz CT molecular complexity index is 1200. The molecule has 6 heteroatoms. The highest BCUT2D eigenvalue weighted by Gasteiger charge is 2.10. The lowest BCUT2D eigenvalue weighted by molar-refractivity contribution is -0.118. The SMILES string of the molecule is CC(CCC(N)=O)Cc1ccc2nc(-c3ccc(Oc4ccccc4Cl)cc3)[nH]c2c1. The third-order valence-corrected chi connectivity index (χ3v) is 5.52. The Morgan fingerprint density at radius 2 is 1.90 bits per heavy atom. The molecule has 158 valence electrons. The molecule has 0 fully saturated rings. The fraction of sp³-hybridized carbons (Fsp3) is 0.200. The maximum Gasteiger partial charge on any atom is 0.217 e. The van der Waals surface area contributed by atoms with Crippen LogP contribution in [0.25, 0.3) is 22.4 Å². The Morgan fingerprint density at radius 3 is 2.65 bits per heavy atom. The molecule has 1 aromatic heterocycles. The summed E-state index contributed by atoms with van der Waals surface area (Å²) < 4.78 is 5.85. The van der Waals surface area contributed by atoms with Crippen LogP contribution in [-0.2, 0) is 11.2 Å². The maximum atomic E-state index is 11.0. The number of rotatable bonds is 8. The number of H-pyrrole nitrogens is 1. The van der Waals surface area contributed by atoms with Crippen molar-refractivity contribution in [2.45, 2.75) is 26.2 Å². The first-order valence-electron chi connectivity index (χ1n) is 10.3. The fourth-order valence-electron chi connectivity index (χ4n) is 3.55. The molecule has 0 radical (unpaired) electrons. The van der Waals surface area contributed by atoms with Gasteiger partial charge in [0.15, 0.2) is 0 Å². The molecule has 1 unspecified atom stereocenters. The van der Waals surface area contributed by atoms with Crippen LogP contribution in [0.15, 0.2) is 66.7 Å². The molecule has 0 saturated carbocycles. The summed E-state index contributed by atoms with van der Waals surface area (Å²) in [7, 11) is 0. The zero-order valence-electron chi connectivity index (χ0n) is 17.3. The van der Waals surface area contributed by atoms with Gasteiger partial charge in [-0.3, -0.25) is 4.79 Å². The zero-order chi connectivity index (χ0) is 21.8. The predicted octanol–water partition coefficient (Wildman–Crippen LogP) is 6.12. The molecule has 5 nitrogen and oxygen atoms in total. The van der Waals surface area contributed by atoms with E-state index >= 15 is 0 Å². The minimum absolute atomic E-state index is 0.246. The number of carbonyl (C=O) groups excluding carboxylic acids is 1. The van der Waals surface area contributed by atoms with Gasteiger partial charge in [0.05, 0.1) is 16.1 Å². The summed E-state index contributed by atoms with van der Waals surface area (Å²) in [6, 6.07) is 21.4. The third-order valence-electron chi connectivity index (χ3n) is 5.21. The van der Waals surface area contributed by atoms with Crippen molar-refractivity contribution in [1.29, 1.82) is 0 Å². The Balaban J connectivity index is 1.48. The van der Waals surface area contributed by atoms with Crippen LogP contribution in [0.5, 0.6) is 11.5 Å². The summed E-state index contributed by atoms with van der Waals surface area (Å²) in [6.07, 6.45) is 2.11. The van der Waals surface area contributed by atoms with E-state index in [1.807, 2.05) is 48.5 Å². The number of nitrogens with two attached hydrogens (primary N) is 1. The van der Waals surface area contributed by atoms with Crippen LogP contribution >= 0.6 is 11.6 Å². The van der Waals surface area contributed by atoms with Crippen LogP contribution < -0.4 is 10.5 Å². The van der Waals surface area contributed by atoms with E-state index in [1.54, 1.807) is 6.07 Å². The second-order valence-electron chi connectivity index (χ2n) is 7.81.